The van der Waals surface area contributed by atoms with Crippen molar-refractivity contribution in [3.63, 3.8) is 0 Å². The smallest absolute Gasteiger partial charge is 0.128 e. The predicted octanol–water partition coefficient (Wildman–Crippen LogP) is 7.82. The van der Waals surface area contributed by atoms with E-state index in [1.807, 2.05) is 72.9 Å². The number of nitrogens with zero attached hydrogens (tertiary/aromatic N) is 1. The van der Waals surface area contributed by atoms with E-state index in [1.165, 1.54) is 22.3 Å². The van der Waals surface area contributed by atoms with E-state index in [9.17, 15) is 0 Å². The van der Waals surface area contributed by atoms with Crippen molar-refractivity contribution in [2.45, 2.75) is 59.7 Å². The molecule has 0 radical (unpaired) electrons. The third-order valence-electron chi connectivity index (χ3n) is 7.53. The number of nitrogens with one attached hydrogen (secondary N) is 2. The van der Waals surface area contributed by atoms with Crippen molar-refractivity contribution < 1.29 is 9.47 Å². The minimum Gasteiger partial charge on any atom is -0.487 e. The third kappa shape index (κ3) is 5.63. The van der Waals surface area contributed by atoms with Crippen LogP contribution in [-0.2, 0) is 26.1 Å². The second kappa shape index (κ2) is 12.1. The van der Waals surface area contributed by atoms with Gasteiger partial charge in [-0.05, 0) is 85.3 Å². The quantitative estimate of drug-likeness (QED) is 0.187. The topological polar surface area (TPSA) is 62.9 Å². The van der Waals surface area contributed by atoms with Gasteiger partial charge in [0.1, 0.15) is 24.7 Å². The summed E-state index contributed by atoms with van der Waals surface area (Å²) < 4.78 is 12.3. The summed E-state index contributed by atoms with van der Waals surface area (Å²) in [6.07, 6.45) is 3.72. The van der Waals surface area contributed by atoms with Gasteiger partial charge in [0.15, 0.2) is 0 Å². The number of hydrogen-bond donors (Lipinski definition) is 2. The molecule has 3 heterocycles. The van der Waals surface area contributed by atoms with Crippen molar-refractivity contribution in [1.29, 1.82) is 0 Å². The molecule has 0 aliphatic carbocycles. The summed E-state index contributed by atoms with van der Waals surface area (Å²) in [5.74, 6) is 1.66. The lowest BCUT2D eigenvalue weighted by Gasteiger charge is -2.18. The second-order valence-electron chi connectivity index (χ2n) is 9.84. The largest absolute Gasteiger partial charge is 0.487 e. The van der Waals surface area contributed by atoms with Crippen LogP contribution in [0, 0.1) is 13.8 Å². The van der Waals surface area contributed by atoms with Gasteiger partial charge in [-0.1, -0.05) is 56.3 Å². The highest BCUT2D eigenvalue weighted by atomic mass is 16.5. The monoisotopic (exact) mass is 519 g/mol. The molecule has 0 amide bonds. The Hall–Kier alpha value is -4.25. The first-order valence-corrected chi connectivity index (χ1v) is 13.8. The lowest BCUT2D eigenvalue weighted by Crippen LogP contribution is -2.10. The number of rotatable bonds is 11. The highest BCUT2D eigenvalue weighted by Gasteiger charge is 2.29. The average molecular weight is 520 g/mol. The zero-order valence-corrected chi connectivity index (χ0v) is 23.3. The molecule has 2 aromatic carbocycles. The molecule has 5 heteroatoms. The van der Waals surface area contributed by atoms with E-state index >= 15 is 0 Å². The molecule has 39 heavy (non-hydrogen) atoms. The molecule has 5 rings (SSSR count). The molecule has 0 saturated heterocycles. The maximum Gasteiger partial charge on any atom is 0.128 e. The SMILES string of the molecule is CCc1c(COc2ccccc2)[nH]c(C(c2ccccn2)c2[nH]c(COc3ccccc3)c(CC)c2C)c1C. The molecule has 0 spiro atoms. The molecule has 5 aromatic rings. The molecule has 0 unspecified atom stereocenters. The Morgan fingerprint density at radius 3 is 1.51 bits per heavy atom. The van der Waals surface area contributed by atoms with Crippen molar-refractivity contribution in [1.82, 2.24) is 15.0 Å². The fourth-order valence-electron chi connectivity index (χ4n) is 5.55. The van der Waals surface area contributed by atoms with Crippen LogP contribution in [0.5, 0.6) is 11.5 Å². The van der Waals surface area contributed by atoms with Gasteiger partial charge < -0.3 is 19.4 Å². The Morgan fingerprint density at radius 1 is 0.641 bits per heavy atom. The van der Waals surface area contributed by atoms with E-state index in [0.717, 1.165) is 52.8 Å². The summed E-state index contributed by atoms with van der Waals surface area (Å²) in [5.41, 5.74) is 10.7. The van der Waals surface area contributed by atoms with Crippen molar-refractivity contribution in [3.8, 4) is 11.5 Å². The van der Waals surface area contributed by atoms with E-state index in [-0.39, 0.29) is 5.92 Å². The van der Waals surface area contributed by atoms with Gasteiger partial charge in [0.2, 0.25) is 0 Å². The first-order valence-electron chi connectivity index (χ1n) is 13.8. The van der Waals surface area contributed by atoms with Gasteiger partial charge in [0.25, 0.3) is 0 Å². The number of aromatic amines is 2. The van der Waals surface area contributed by atoms with E-state index in [2.05, 4.69) is 49.8 Å². The summed E-state index contributed by atoms with van der Waals surface area (Å²) in [6.45, 7) is 9.81. The number of ether oxygens (including phenoxy) is 2. The van der Waals surface area contributed by atoms with Crippen molar-refractivity contribution in [2.75, 3.05) is 0 Å². The molecule has 0 saturated carbocycles. The molecule has 5 nitrogen and oxygen atoms in total. The van der Waals surface area contributed by atoms with Gasteiger partial charge >= 0.3 is 0 Å². The predicted molar refractivity (Wildman–Crippen MR) is 157 cm³/mol. The molecule has 0 aliphatic rings. The molecule has 0 fully saturated rings. The van der Waals surface area contributed by atoms with E-state index < -0.39 is 0 Å². The number of para-hydroxylation sites is 2. The van der Waals surface area contributed by atoms with Crippen molar-refractivity contribution in [3.05, 3.63) is 136 Å². The molecule has 200 valence electrons. The van der Waals surface area contributed by atoms with Crippen molar-refractivity contribution in [2.24, 2.45) is 0 Å². The van der Waals surface area contributed by atoms with Crippen LogP contribution in [0.2, 0.25) is 0 Å². The zero-order chi connectivity index (χ0) is 27.2. The summed E-state index contributed by atoms with van der Waals surface area (Å²) in [7, 11) is 0. The Balaban J connectivity index is 1.55. The number of hydrogen-bond acceptors (Lipinski definition) is 3. The van der Waals surface area contributed by atoms with Crippen LogP contribution in [0.4, 0.5) is 0 Å². The molecular weight excluding hydrogens is 482 g/mol. The molecule has 0 atom stereocenters. The Bertz CT molecular complexity index is 1390. The van der Waals surface area contributed by atoms with Crippen LogP contribution in [0.25, 0.3) is 0 Å². The van der Waals surface area contributed by atoms with Gasteiger partial charge in [-0.3, -0.25) is 4.98 Å². The average Bonchev–Trinajstić information content (AvgIpc) is 3.47. The van der Waals surface area contributed by atoms with Crippen LogP contribution in [0.3, 0.4) is 0 Å². The lowest BCUT2D eigenvalue weighted by molar-refractivity contribution is 0.300. The lowest BCUT2D eigenvalue weighted by atomic mass is 9.90. The number of pyridine rings is 1. The molecule has 2 N–H and O–H groups in total. The molecule has 0 aliphatic heterocycles. The Morgan fingerprint density at radius 2 is 1.10 bits per heavy atom. The fraction of sp³-hybridized carbons (Fsp3) is 0.265. The van der Waals surface area contributed by atoms with Crippen LogP contribution in [0.1, 0.15) is 70.5 Å². The number of aromatic nitrogens is 3. The van der Waals surface area contributed by atoms with Gasteiger partial charge in [0.05, 0.1) is 23.0 Å². The summed E-state index contributed by atoms with van der Waals surface area (Å²) in [4.78, 5) is 12.4. The fourth-order valence-corrected chi connectivity index (χ4v) is 5.55. The van der Waals surface area contributed by atoms with Crippen LogP contribution in [-0.4, -0.2) is 15.0 Å². The highest BCUT2D eigenvalue weighted by molar-refractivity contribution is 5.49. The normalized spacial score (nSPS) is 11.2. The van der Waals surface area contributed by atoms with Crippen LogP contribution >= 0.6 is 0 Å². The van der Waals surface area contributed by atoms with Crippen LogP contribution in [0.15, 0.2) is 85.1 Å². The first-order chi connectivity index (χ1) is 19.1. The maximum atomic E-state index is 6.16. The summed E-state index contributed by atoms with van der Waals surface area (Å²) in [6, 6.07) is 26.1. The molecule has 3 aromatic heterocycles. The number of H-pyrrole nitrogens is 2. The summed E-state index contributed by atoms with van der Waals surface area (Å²) in [5, 5.41) is 0. The Labute approximate surface area is 231 Å². The second-order valence-corrected chi connectivity index (χ2v) is 9.84. The highest BCUT2D eigenvalue weighted by Crippen LogP contribution is 2.38. The van der Waals surface area contributed by atoms with Gasteiger partial charge in [-0.15, -0.1) is 0 Å². The summed E-state index contributed by atoms with van der Waals surface area (Å²) >= 11 is 0. The minimum absolute atomic E-state index is 0.0715. The van der Waals surface area contributed by atoms with Crippen molar-refractivity contribution >= 4 is 0 Å². The molecular formula is C34H37N3O2. The standard InChI is InChI=1S/C34H37N3O2/c1-5-27-23(3)33(36-30(27)21-38-25-15-9-7-10-16-25)32(29-19-13-14-20-35-29)34-24(4)28(6-2)31(37-34)22-39-26-17-11-8-12-18-26/h7-20,32,36-37H,5-6,21-22H2,1-4H3. The third-order valence-corrected chi connectivity index (χ3v) is 7.53. The van der Waals surface area contributed by atoms with E-state index in [0.29, 0.717) is 13.2 Å². The minimum atomic E-state index is -0.0715. The Kier molecular flexibility index (Phi) is 8.16. The van der Waals surface area contributed by atoms with Gasteiger partial charge in [-0.2, -0.15) is 0 Å². The van der Waals surface area contributed by atoms with E-state index in [1.54, 1.807) is 0 Å². The van der Waals surface area contributed by atoms with Gasteiger partial charge in [0, 0.05) is 17.6 Å². The maximum absolute atomic E-state index is 6.16. The molecule has 0 bridgehead atoms. The van der Waals surface area contributed by atoms with E-state index in [4.69, 9.17) is 14.5 Å². The zero-order valence-electron chi connectivity index (χ0n) is 23.3. The number of benzene rings is 2. The first kappa shape index (κ1) is 26.4. The van der Waals surface area contributed by atoms with Gasteiger partial charge in [-0.25, -0.2) is 0 Å². The van der Waals surface area contributed by atoms with Crippen LogP contribution < -0.4 is 9.47 Å².